The number of ether oxygens (including phenoxy) is 4. The fraction of sp³-hybridized carbons (Fsp3) is 0.389. The number of imide groups is 1. The van der Waals surface area contributed by atoms with Crippen LogP contribution in [0.15, 0.2) is 17.0 Å². The predicted molar refractivity (Wildman–Crippen MR) is 101 cm³/mol. The molecule has 1 aromatic carbocycles. The summed E-state index contributed by atoms with van der Waals surface area (Å²) in [6, 6.07) is 3.34. The fourth-order valence-electron chi connectivity index (χ4n) is 2.65. The van der Waals surface area contributed by atoms with Gasteiger partial charge in [0.2, 0.25) is 12.7 Å². The van der Waals surface area contributed by atoms with Gasteiger partial charge < -0.3 is 24.3 Å². The van der Waals surface area contributed by atoms with Gasteiger partial charge in [-0.15, -0.1) is 0 Å². The first-order valence-electron chi connectivity index (χ1n) is 8.52. The Labute approximate surface area is 165 Å². The molecule has 1 saturated heterocycles. The largest absolute Gasteiger partial charge is 0.496 e. The summed E-state index contributed by atoms with van der Waals surface area (Å²) < 4.78 is 20.9. The first-order chi connectivity index (χ1) is 13.5. The normalized spacial score (nSPS) is 16.8. The maximum Gasteiger partial charge on any atom is 0.294 e. The fourth-order valence-corrected chi connectivity index (χ4v) is 3.48. The minimum atomic E-state index is -0.526. The van der Waals surface area contributed by atoms with Crippen LogP contribution in [-0.2, 0) is 14.3 Å². The second kappa shape index (κ2) is 8.98. The van der Waals surface area contributed by atoms with E-state index in [9.17, 15) is 14.4 Å². The first-order valence-corrected chi connectivity index (χ1v) is 9.33. The first kappa shape index (κ1) is 20.0. The molecule has 3 amide bonds. The minimum absolute atomic E-state index is 0.109. The molecule has 1 aromatic rings. The average molecular weight is 408 g/mol. The number of rotatable bonds is 8. The highest BCUT2D eigenvalue weighted by molar-refractivity contribution is 8.18. The lowest BCUT2D eigenvalue weighted by Crippen LogP contribution is -2.39. The quantitative estimate of drug-likeness (QED) is 0.511. The zero-order chi connectivity index (χ0) is 20.1. The van der Waals surface area contributed by atoms with Crippen LogP contribution in [0.3, 0.4) is 0 Å². The predicted octanol–water partition coefficient (Wildman–Crippen LogP) is 1.61. The monoisotopic (exact) mass is 408 g/mol. The summed E-state index contributed by atoms with van der Waals surface area (Å²) in [5, 5.41) is 2.16. The van der Waals surface area contributed by atoms with E-state index in [1.54, 1.807) is 25.3 Å². The van der Waals surface area contributed by atoms with Crippen LogP contribution < -0.4 is 19.5 Å². The van der Waals surface area contributed by atoms with Crippen molar-refractivity contribution in [2.24, 2.45) is 0 Å². The lowest BCUT2D eigenvalue weighted by atomic mass is 10.1. The molecular formula is C18H20N2O7S. The van der Waals surface area contributed by atoms with Gasteiger partial charge in [-0.25, -0.2) is 0 Å². The summed E-state index contributed by atoms with van der Waals surface area (Å²) in [4.78, 5) is 37.9. The number of nitrogens with zero attached hydrogens (tertiary/aromatic N) is 1. The summed E-state index contributed by atoms with van der Waals surface area (Å²) in [6.07, 6.45) is 2.19. The number of fused-ring (bicyclic) bond motifs is 1. The van der Waals surface area contributed by atoms with Crippen LogP contribution in [0.5, 0.6) is 17.2 Å². The van der Waals surface area contributed by atoms with Crippen LogP contribution in [0.1, 0.15) is 12.0 Å². The Kier molecular flexibility index (Phi) is 6.42. The van der Waals surface area contributed by atoms with Gasteiger partial charge in [0.05, 0.1) is 12.0 Å². The Morgan fingerprint density at radius 1 is 1.29 bits per heavy atom. The molecule has 10 heteroatoms. The molecule has 0 bridgehead atoms. The Hall–Kier alpha value is -2.72. The molecule has 0 atom stereocenters. The Bertz CT molecular complexity index is 824. The smallest absolute Gasteiger partial charge is 0.294 e. The second-order valence-electron chi connectivity index (χ2n) is 5.91. The number of benzene rings is 1. The van der Waals surface area contributed by atoms with Gasteiger partial charge in [-0.2, -0.15) is 0 Å². The third kappa shape index (κ3) is 4.39. The second-order valence-corrected chi connectivity index (χ2v) is 6.90. The molecule has 0 saturated carbocycles. The highest BCUT2D eigenvalue weighted by Gasteiger charge is 2.36. The molecule has 0 aliphatic carbocycles. The highest BCUT2D eigenvalue weighted by atomic mass is 32.2. The van der Waals surface area contributed by atoms with E-state index in [1.807, 2.05) is 0 Å². The van der Waals surface area contributed by atoms with Gasteiger partial charge >= 0.3 is 0 Å². The highest BCUT2D eigenvalue weighted by Crippen LogP contribution is 2.40. The molecule has 3 rings (SSSR count). The van der Waals surface area contributed by atoms with Crippen molar-refractivity contribution in [2.45, 2.75) is 6.42 Å². The molecule has 0 aromatic heterocycles. The molecule has 1 fully saturated rings. The minimum Gasteiger partial charge on any atom is -0.496 e. The van der Waals surface area contributed by atoms with Gasteiger partial charge in [-0.1, -0.05) is 0 Å². The van der Waals surface area contributed by atoms with Crippen molar-refractivity contribution in [1.29, 1.82) is 0 Å². The van der Waals surface area contributed by atoms with Crippen LogP contribution in [-0.4, -0.2) is 62.7 Å². The van der Waals surface area contributed by atoms with Crippen molar-refractivity contribution in [3.05, 3.63) is 22.6 Å². The molecule has 28 heavy (non-hydrogen) atoms. The molecule has 150 valence electrons. The molecule has 2 aliphatic rings. The van der Waals surface area contributed by atoms with Crippen molar-refractivity contribution in [2.75, 3.05) is 40.7 Å². The number of nitrogens with one attached hydrogen (secondary N) is 1. The zero-order valence-corrected chi connectivity index (χ0v) is 16.3. The van der Waals surface area contributed by atoms with Gasteiger partial charge in [0.1, 0.15) is 12.3 Å². The summed E-state index contributed by atoms with van der Waals surface area (Å²) in [7, 11) is 3.07. The lowest BCUT2D eigenvalue weighted by Gasteiger charge is -2.12. The molecule has 1 N–H and O–H groups in total. The molecule has 0 unspecified atom stereocenters. The van der Waals surface area contributed by atoms with Crippen LogP contribution in [0, 0.1) is 0 Å². The molecule has 0 spiro atoms. The average Bonchev–Trinajstić information content (AvgIpc) is 3.24. The van der Waals surface area contributed by atoms with Gasteiger partial charge in [-0.3, -0.25) is 19.3 Å². The van der Waals surface area contributed by atoms with E-state index >= 15 is 0 Å². The van der Waals surface area contributed by atoms with E-state index in [0.29, 0.717) is 42.4 Å². The van der Waals surface area contributed by atoms with Crippen LogP contribution in [0.2, 0.25) is 0 Å². The number of hydrogen-bond donors (Lipinski definition) is 1. The van der Waals surface area contributed by atoms with Crippen LogP contribution in [0.25, 0.3) is 6.08 Å². The maximum absolute atomic E-state index is 12.6. The van der Waals surface area contributed by atoms with Crippen LogP contribution >= 0.6 is 11.8 Å². The van der Waals surface area contributed by atoms with E-state index < -0.39 is 17.1 Å². The van der Waals surface area contributed by atoms with Gasteiger partial charge in [0.25, 0.3) is 11.1 Å². The van der Waals surface area contributed by atoms with E-state index in [4.69, 9.17) is 18.9 Å². The molecular weight excluding hydrogens is 388 g/mol. The topological polar surface area (TPSA) is 103 Å². The molecule has 0 radical (unpaired) electrons. The Morgan fingerprint density at radius 3 is 2.75 bits per heavy atom. The Morgan fingerprint density at radius 2 is 2.04 bits per heavy atom. The summed E-state index contributed by atoms with van der Waals surface area (Å²) in [5.41, 5.74) is 0.571. The van der Waals surface area contributed by atoms with Gasteiger partial charge in [0.15, 0.2) is 11.5 Å². The number of thioether (sulfide) groups is 1. The van der Waals surface area contributed by atoms with E-state index in [2.05, 4.69) is 5.32 Å². The molecule has 2 aliphatic heterocycles. The molecule has 2 heterocycles. The van der Waals surface area contributed by atoms with E-state index in [1.165, 1.54) is 7.11 Å². The van der Waals surface area contributed by atoms with Crippen molar-refractivity contribution in [3.63, 3.8) is 0 Å². The SMILES string of the molecule is COCCCNC(=O)CN1C(=O)S/C(=C\c2cc3c(cc2OC)OCO3)C1=O. The Balaban J connectivity index is 1.70. The number of carbonyl (C=O) groups is 3. The number of amides is 3. The third-order valence-electron chi connectivity index (χ3n) is 4.03. The molecule has 9 nitrogen and oxygen atoms in total. The zero-order valence-electron chi connectivity index (χ0n) is 15.5. The summed E-state index contributed by atoms with van der Waals surface area (Å²) in [6.45, 7) is 0.709. The number of methoxy groups -OCH3 is 2. The van der Waals surface area contributed by atoms with Crippen LogP contribution in [0.4, 0.5) is 4.79 Å². The van der Waals surface area contributed by atoms with Crippen molar-refractivity contribution in [3.8, 4) is 17.2 Å². The number of hydrogen-bond acceptors (Lipinski definition) is 8. The maximum atomic E-state index is 12.6. The third-order valence-corrected chi connectivity index (χ3v) is 4.94. The van der Waals surface area contributed by atoms with Crippen molar-refractivity contribution >= 4 is 34.9 Å². The van der Waals surface area contributed by atoms with E-state index in [0.717, 1.165) is 16.7 Å². The lowest BCUT2D eigenvalue weighted by molar-refractivity contribution is -0.129. The van der Waals surface area contributed by atoms with Crippen molar-refractivity contribution < 1.29 is 33.3 Å². The number of carbonyl (C=O) groups excluding carboxylic acids is 3. The van der Waals surface area contributed by atoms with Gasteiger partial charge in [0, 0.05) is 31.9 Å². The van der Waals surface area contributed by atoms with Crippen molar-refractivity contribution in [1.82, 2.24) is 10.2 Å². The van der Waals surface area contributed by atoms with Gasteiger partial charge in [-0.05, 0) is 30.3 Å². The summed E-state index contributed by atoms with van der Waals surface area (Å²) in [5.74, 6) is 0.628. The summed E-state index contributed by atoms with van der Waals surface area (Å²) >= 11 is 0.774. The van der Waals surface area contributed by atoms with E-state index in [-0.39, 0.29) is 18.2 Å². The standard InChI is InChI=1S/C18H20N2O7S/c1-24-5-3-4-19-16(21)9-20-17(22)15(28-18(20)23)7-11-6-13-14(27-10-26-13)8-12(11)25-2/h6-8H,3-5,9-10H2,1-2H3,(H,19,21)/b15-7-.